The number of nitrogens with two attached hydrogens (primary N) is 2. The summed E-state index contributed by atoms with van der Waals surface area (Å²) in [7, 11) is 0. The highest BCUT2D eigenvalue weighted by molar-refractivity contribution is 5.95. The summed E-state index contributed by atoms with van der Waals surface area (Å²) in [5.74, 6) is -0.130. The second-order valence-electron chi connectivity index (χ2n) is 6.02. The lowest BCUT2D eigenvalue weighted by atomic mass is 10.0. The van der Waals surface area contributed by atoms with Gasteiger partial charge in [-0.2, -0.15) is 0 Å². The predicted octanol–water partition coefficient (Wildman–Crippen LogP) is 1.32. The molecule has 0 unspecified atom stereocenters. The van der Waals surface area contributed by atoms with E-state index in [-0.39, 0.29) is 5.54 Å². The quantitative estimate of drug-likeness (QED) is 0.867. The standard InChI is InChI=1S/C15H21N3O2/c16-13(19)11-8-10-4-3-5-12(10)18-14(11)20-9-15(17)6-1-2-7-15/h8H,1-7,9,17H2,(H2,16,19). The van der Waals surface area contributed by atoms with Crippen LogP contribution in [-0.2, 0) is 12.8 Å². The first-order valence-corrected chi connectivity index (χ1v) is 7.32. The normalized spacial score (nSPS) is 19.9. The van der Waals surface area contributed by atoms with Crippen molar-refractivity contribution in [2.45, 2.75) is 50.5 Å². The topological polar surface area (TPSA) is 91.2 Å². The zero-order chi connectivity index (χ0) is 14.2. The molecule has 3 rings (SSSR count). The fourth-order valence-corrected chi connectivity index (χ4v) is 3.18. The Morgan fingerprint density at radius 1 is 1.30 bits per heavy atom. The van der Waals surface area contributed by atoms with Gasteiger partial charge in [0, 0.05) is 5.69 Å². The molecular formula is C15H21N3O2. The molecule has 1 aromatic heterocycles. The average Bonchev–Trinajstić information content (AvgIpc) is 3.04. The fourth-order valence-electron chi connectivity index (χ4n) is 3.18. The minimum absolute atomic E-state index is 0.282. The molecule has 1 saturated carbocycles. The summed E-state index contributed by atoms with van der Waals surface area (Å²) in [6.45, 7) is 0.402. The Labute approximate surface area is 118 Å². The van der Waals surface area contributed by atoms with Crippen LogP contribution in [0.5, 0.6) is 5.88 Å². The van der Waals surface area contributed by atoms with E-state index >= 15 is 0 Å². The highest BCUT2D eigenvalue weighted by Gasteiger charge is 2.31. The van der Waals surface area contributed by atoms with Gasteiger partial charge in [-0.1, -0.05) is 12.8 Å². The molecule has 5 heteroatoms. The number of nitrogens with zero attached hydrogens (tertiary/aromatic N) is 1. The van der Waals surface area contributed by atoms with Crippen molar-refractivity contribution < 1.29 is 9.53 Å². The van der Waals surface area contributed by atoms with Gasteiger partial charge < -0.3 is 16.2 Å². The number of hydrogen-bond donors (Lipinski definition) is 2. The molecule has 1 heterocycles. The first-order valence-electron chi connectivity index (χ1n) is 7.32. The van der Waals surface area contributed by atoms with Crippen LogP contribution in [0, 0.1) is 0 Å². The van der Waals surface area contributed by atoms with Crippen molar-refractivity contribution >= 4 is 5.91 Å². The lowest BCUT2D eigenvalue weighted by Crippen LogP contribution is -2.42. The second-order valence-corrected chi connectivity index (χ2v) is 6.02. The zero-order valence-corrected chi connectivity index (χ0v) is 11.7. The van der Waals surface area contributed by atoms with Gasteiger partial charge in [-0.25, -0.2) is 4.98 Å². The van der Waals surface area contributed by atoms with Gasteiger partial charge in [0.05, 0.1) is 5.54 Å². The maximum atomic E-state index is 11.6. The number of ether oxygens (including phenoxy) is 1. The molecule has 0 spiro atoms. The van der Waals surface area contributed by atoms with Crippen molar-refractivity contribution in [1.29, 1.82) is 0 Å². The van der Waals surface area contributed by atoms with E-state index in [9.17, 15) is 4.79 Å². The largest absolute Gasteiger partial charge is 0.475 e. The molecule has 0 atom stereocenters. The number of hydrogen-bond acceptors (Lipinski definition) is 4. The molecule has 108 valence electrons. The Morgan fingerprint density at radius 3 is 2.75 bits per heavy atom. The Hall–Kier alpha value is -1.62. The molecule has 0 saturated heterocycles. The Kier molecular flexibility index (Phi) is 3.38. The molecule has 20 heavy (non-hydrogen) atoms. The van der Waals surface area contributed by atoms with Crippen molar-refractivity contribution in [1.82, 2.24) is 4.98 Å². The Bertz CT molecular complexity index is 536. The number of aromatic nitrogens is 1. The van der Waals surface area contributed by atoms with Crippen molar-refractivity contribution in [3.05, 3.63) is 22.9 Å². The van der Waals surface area contributed by atoms with Gasteiger partial charge >= 0.3 is 0 Å². The highest BCUT2D eigenvalue weighted by atomic mass is 16.5. The number of carbonyl (C=O) groups excluding carboxylic acids is 1. The smallest absolute Gasteiger partial charge is 0.254 e. The van der Waals surface area contributed by atoms with Crippen LogP contribution in [0.4, 0.5) is 0 Å². The first kappa shape index (κ1) is 13.4. The molecule has 4 N–H and O–H groups in total. The van der Waals surface area contributed by atoms with E-state index in [0.717, 1.165) is 56.2 Å². The molecule has 1 fully saturated rings. The number of fused-ring (bicyclic) bond motifs is 1. The van der Waals surface area contributed by atoms with Crippen LogP contribution in [0.25, 0.3) is 0 Å². The summed E-state index contributed by atoms with van der Waals surface area (Å²) >= 11 is 0. The molecule has 0 aromatic carbocycles. The van der Waals surface area contributed by atoms with Crippen LogP contribution in [0.2, 0.25) is 0 Å². The van der Waals surface area contributed by atoms with E-state index in [0.29, 0.717) is 18.1 Å². The molecule has 2 aliphatic carbocycles. The van der Waals surface area contributed by atoms with Crippen molar-refractivity contribution in [2.24, 2.45) is 11.5 Å². The van der Waals surface area contributed by atoms with Crippen LogP contribution in [0.15, 0.2) is 6.07 Å². The summed E-state index contributed by atoms with van der Waals surface area (Å²) in [5, 5.41) is 0. The average molecular weight is 275 g/mol. The Balaban J connectivity index is 1.82. The summed E-state index contributed by atoms with van der Waals surface area (Å²) in [6.07, 6.45) is 7.18. The minimum atomic E-state index is -0.486. The Morgan fingerprint density at radius 2 is 2.05 bits per heavy atom. The van der Waals surface area contributed by atoms with E-state index in [1.165, 1.54) is 0 Å². The lowest BCUT2D eigenvalue weighted by molar-refractivity contribution is 0.0993. The van der Waals surface area contributed by atoms with E-state index < -0.39 is 5.91 Å². The van der Waals surface area contributed by atoms with Gasteiger partial charge in [-0.05, 0) is 43.7 Å². The molecule has 1 amide bonds. The van der Waals surface area contributed by atoms with E-state index in [2.05, 4.69) is 4.98 Å². The third kappa shape index (κ3) is 2.50. The monoisotopic (exact) mass is 275 g/mol. The maximum Gasteiger partial charge on any atom is 0.254 e. The number of pyridine rings is 1. The number of amides is 1. The lowest BCUT2D eigenvalue weighted by Gasteiger charge is -2.23. The summed E-state index contributed by atoms with van der Waals surface area (Å²) < 4.78 is 5.77. The van der Waals surface area contributed by atoms with E-state index in [4.69, 9.17) is 16.2 Å². The van der Waals surface area contributed by atoms with Gasteiger partial charge in [0.25, 0.3) is 5.91 Å². The SMILES string of the molecule is NC(=O)c1cc2c(nc1OCC1(N)CCCC1)CCC2. The summed E-state index contributed by atoms with van der Waals surface area (Å²) in [6, 6.07) is 1.84. The van der Waals surface area contributed by atoms with Crippen LogP contribution < -0.4 is 16.2 Å². The first-order chi connectivity index (χ1) is 9.57. The molecule has 0 bridgehead atoms. The van der Waals surface area contributed by atoms with Crippen molar-refractivity contribution in [3.8, 4) is 5.88 Å². The number of rotatable bonds is 4. The molecule has 0 aliphatic heterocycles. The van der Waals surface area contributed by atoms with Gasteiger partial charge in [-0.3, -0.25) is 4.79 Å². The fraction of sp³-hybridized carbons (Fsp3) is 0.600. The predicted molar refractivity (Wildman–Crippen MR) is 75.7 cm³/mol. The summed E-state index contributed by atoms with van der Waals surface area (Å²) in [4.78, 5) is 16.1. The number of carbonyl (C=O) groups is 1. The van der Waals surface area contributed by atoms with Gasteiger partial charge in [0.15, 0.2) is 0 Å². The van der Waals surface area contributed by atoms with E-state index in [1.54, 1.807) is 0 Å². The summed E-state index contributed by atoms with van der Waals surface area (Å²) in [5.41, 5.74) is 14.0. The van der Waals surface area contributed by atoms with Crippen molar-refractivity contribution in [3.63, 3.8) is 0 Å². The number of primary amides is 1. The van der Waals surface area contributed by atoms with Crippen LogP contribution in [0.3, 0.4) is 0 Å². The van der Waals surface area contributed by atoms with E-state index in [1.807, 2.05) is 6.07 Å². The molecule has 1 aromatic rings. The van der Waals surface area contributed by atoms with Crippen LogP contribution in [0.1, 0.15) is 53.7 Å². The number of aryl methyl sites for hydroxylation is 2. The molecule has 5 nitrogen and oxygen atoms in total. The molecule has 0 radical (unpaired) electrons. The van der Waals surface area contributed by atoms with Gasteiger partial charge in [0.1, 0.15) is 12.2 Å². The molecule has 2 aliphatic rings. The minimum Gasteiger partial charge on any atom is -0.475 e. The third-order valence-corrected chi connectivity index (χ3v) is 4.38. The zero-order valence-electron chi connectivity index (χ0n) is 11.7. The van der Waals surface area contributed by atoms with Crippen LogP contribution >= 0.6 is 0 Å². The third-order valence-electron chi connectivity index (χ3n) is 4.38. The van der Waals surface area contributed by atoms with Gasteiger partial charge in [-0.15, -0.1) is 0 Å². The highest BCUT2D eigenvalue weighted by Crippen LogP contribution is 2.30. The molecular weight excluding hydrogens is 254 g/mol. The van der Waals surface area contributed by atoms with Crippen LogP contribution in [-0.4, -0.2) is 23.0 Å². The van der Waals surface area contributed by atoms with Crippen molar-refractivity contribution in [2.75, 3.05) is 6.61 Å². The maximum absolute atomic E-state index is 11.6. The second kappa shape index (κ2) is 5.05. The van der Waals surface area contributed by atoms with Gasteiger partial charge in [0.2, 0.25) is 5.88 Å².